The fraction of sp³-hybridized carbons (Fsp3) is 0.125. The maximum absolute atomic E-state index is 10.8. The van der Waals surface area contributed by atoms with Gasteiger partial charge >= 0.3 is 5.97 Å². The Morgan fingerprint density at radius 1 is 1.33 bits per heavy atom. The summed E-state index contributed by atoms with van der Waals surface area (Å²) in [7, 11) is -4.48. The van der Waals surface area contributed by atoms with E-state index in [9.17, 15) is 13.2 Å². The molecule has 2 N–H and O–H groups in total. The Bertz CT molecular complexity index is 480. The Morgan fingerprint density at radius 3 is 2.27 bits per heavy atom. The topological polar surface area (TPSA) is 91.7 Å². The van der Waals surface area contributed by atoms with Crippen LogP contribution in [0.25, 0.3) is 0 Å². The van der Waals surface area contributed by atoms with Crippen LogP contribution in [-0.2, 0) is 10.1 Å². The molecule has 0 bridgehead atoms. The average Bonchev–Trinajstić information content (AvgIpc) is 2.01. The number of aryl methyl sites for hydroxylation is 1. The predicted molar refractivity (Wildman–Crippen MR) is 53.7 cm³/mol. The van der Waals surface area contributed by atoms with Crippen molar-refractivity contribution in [3.63, 3.8) is 0 Å². The number of carboxylic acids is 1. The first-order valence-corrected chi connectivity index (χ1v) is 5.08. The third-order valence-corrected chi connectivity index (χ3v) is 2.54. The molecule has 15 heavy (non-hydrogen) atoms. The first-order chi connectivity index (χ1) is 6.32. The van der Waals surface area contributed by atoms with Crippen LogP contribution in [0.4, 0.5) is 0 Å². The molecule has 1 radical (unpaired) electrons. The zero-order valence-corrected chi connectivity index (χ0v) is 12.2. The second-order valence-electron chi connectivity index (χ2n) is 2.78. The monoisotopic (exact) mass is 255 g/mol. The molecular weight excluding hydrogens is 247 g/mol. The summed E-state index contributed by atoms with van der Waals surface area (Å²) in [5.74, 6) is -1.39. The minimum atomic E-state index is -4.48. The molecule has 0 saturated heterocycles. The van der Waals surface area contributed by atoms with E-state index in [1.165, 1.54) is 6.07 Å². The fourth-order valence-corrected chi connectivity index (χ4v) is 1.79. The Hall–Kier alpha value is 0.236. The van der Waals surface area contributed by atoms with Gasteiger partial charge in [0.15, 0.2) is 0 Å². The number of hydrogen-bond donors (Lipinski definition) is 2. The first kappa shape index (κ1) is 15.2. The molecular formula is C8H8KO5S. The van der Waals surface area contributed by atoms with Crippen molar-refractivity contribution in [2.45, 2.75) is 11.8 Å². The van der Waals surface area contributed by atoms with Gasteiger partial charge in [-0.3, -0.25) is 4.55 Å². The molecule has 7 heteroatoms. The van der Waals surface area contributed by atoms with Crippen molar-refractivity contribution in [2.75, 3.05) is 0 Å². The summed E-state index contributed by atoms with van der Waals surface area (Å²) in [6.07, 6.45) is 0. The molecule has 0 aliphatic rings. The van der Waals surface area contributed by atoms with Gasteiger partial charge < -0.3 is 5.11 Å². The van der Waals surface area contributed by atoms with E-state index in [1.807, 2.05) is 0 Å². The van der Waals surface area contributed by atoms with Gasteiger partial charge in [-0.25, -0.2) is 4.79 Å². The van der Waals surface area contributed by atoms with Gasteiger partial charge in [0, 0.05) is 51.4 Å². The number of rotatable bonds is 2. The minimum Gasteiger partial charge on any atom is -0.478 e. The molecule has 0 aliphatic heterocycles. The van der Waals surface area contributed by atoms with E-state index in [4.69, 9.17) is 9.66 Å². The summed E-state index contributed by atoms with van der Waals surface area (Å²) < 4.78 is 30.4. The van der Waals surface area contributed by atoms with Crippen molar-refractivity contribution in [2.24, 2.45) is 0 Å². The molecule has 0 atom stereocenters. The second kappa shape index (κ2) is 5.53. The van der Waals surface area contributed by atoms with Crippen LogP contribution in [0.3, 0.4) is 0 Å². The van der Waals surface area contributed by atoms with Crippen LogP contribution in [0.5, 0.6) is 0 Å². The number of benzene rings is 1. The van der Waals surface area contributed by atoms with E-state index in [2.05, 4.69) is 0 Å². The van der Waals surface area contributed by atoms with Gasteiger partial charge in [-0.15, -0.1) is 0 Å². The van der Waals surface area contributed by atoms with Gasteiger partial charge in [0.05, 0.1) is 5.56 Å². The van der Waals surface area contributed by atoms with Crippen molar-refractivity contribution < 1.29 is 22.9 Å². The van der Waals surface area contributed by atoms with Gasteiger partial charge in [0.1, 0.15) is 4.90 Å². The van der Waals surface area contributed by atoms with E-state index in [0.717, 1.165) is 12.1 Å². The molecule has 0 saturated carbocycles. The molecule has 0 aliphatic carbocycles. The maximum Gasteiger partial charge on any atom is 0.337 e. The van der Waals surface area contributed by atoms with Crippen molar-refractivity contribution in [1.29, 1.82) is 0 Å². The molecule has 0 heterocycles. The van der Waals surface area contributed by atoms with Crippen LogP contribution in [0.2, 0.25) is 0 Å². The Balaban J connectivity index is 0.00000196. The Labute approximate surface area is 130 Å². The van der Waals surface area contributed by atoms with Crippen molar-refractivity contribution in [3.8, 4) is 0 Å². The molecule has 5 nitrogen and oxygen atoms in total. The zero-order chi connectivity index (χ0) is 10.9. The second-order valence-corrected chi connectivity index (χ2v) is 4.17. The maximum atomic E-state index is 10.8. The number of carbonyl (C=O) groups is 1. The van der Waals surface area contributed by atoms with E-state index in [1.54, 1.807) is 6.92 Å². The molecule has 1 aromatic rings. The largest absolute Gasteiger partial charge is 0.478 e. The van der Waals surface area contributed by atoms with Gasteiger partial charge in [-0.2, -0.15) is 8.42 Å². The summed E-state index contributed by atoms with van der Waals surface area (Å²) in [4.78, 5) is 10.0. The Kier molecular flexibility index (Phi) is 5.62. The zero-order valence-electron chi connectivity index (χ0n) is 8.26. The van der Waals surface area contributed by atoms with Crippen LogP contribution in [0.15, 0.2) is 23.1 Å². The molecule has 0 spiro atoms. The smallest absolute Gasteiger partial charge is 0.337 e. The van der Waals surface area contributed by atoms with Gasteiger partial charge in [-0.1, -0.05) is 6.07 Å². The molecule has 1 aromatic carbocycles. The SMILES string of the molecule is Cc1ccc(C(=O)O)c(S(=O)(=O)O)c1.[K]. The van der Waals surface area contributed by atoms with Crippen LogP contribution < -0.4 is 0 Å². The molecule has 1 rings (SSSR count). The summed E-state index contributed by atoms with van der Waals surface area (Å²) in [6, 6.07) is 3.71. The average molecular weight is 255 g/mol. The molecule has 0 unspecified atom stereocenters. The van der Waals surface area contributed by atoms with Crippen LogP contribution in [0.1, 0.15) is 15.9 Å². The van der Waals surface area contributed by atoms with Crippen molar-refractivity contribution >= 4 is 67.5 Å². The standard InChI is InChI=1S/C8H8O5S.K/c1-5-2-3-6(8(9)10)7(4-5)14(11,12)13;/h2-4H,1H3,(H,9,10)(H,11,12,13);. The summed E-state index contributed by atoms with van der Waals surface area (Å²) in [6.45, 7) is 1.60. The number of hydrogen-bond acceptors (Lipinski definition) is 3. The van der Waals surface area contributed by atoms with Gasteiger partial charge in [0.25, 0.3) is 10.1 Å². The van der Waals surface area contributed by atoms with E-state index >= 15 is 0 Å². The van der Waals surface area contributed by atoms with E-state index in [0.29, 0.717) is 5.56 Å². The third kappa shape index (κ3) is 3.95. The summed E-state index contributed by atoms with van der Waals surface area (Å²) in [5, 5.41) is 8.64. The molecule has 0 aromatic heterocycles. The van der Waals surface area contributed by atoms with Gasteiger partial charge in [0.2, 0.25) is 0 Å². The molecule has 0 amide bonds. The summed E-state index contributed by atoms with van der Waals surface area (Å²) in [5.41, 5.74) is 0.126. The molecule has 0 fully saturated rings. The predicted octanol–water partition coefficient (Wildman–Crippen LogP) is 0.559. The summed E-state index contributed by atoms with van der Waals surface area (Å²) >= 11 is 0. The third-order valence-electron chi connectivity index (χ3n) is 1.65. The van der Waals surface area contributed by atoms with Crippen LogP contribution >= 0.6 is 0 Å². The fourth-order valence-electron chi connectivity index (χ4n) is 1.02. The first-order valence-electron chi connectivity index (χ1n) is 3.64. The minimum absolute atomic E-state index is 0. The Morgan fingerprint density at radius 2 is 1.87 bits per heavy atom. The van der Waals surface area contributed by atoms with Gasteiger partial charge in [-0.05, 0) is 24.6 Å². The van der Waals surface area contributed by atoms with Crippen LogP contribution in [-0.4, -0.2) is 75.4 Å². The quantitative estimate of drug-likeness (QED) is 0.595. The van der Waals surface area contributed by atoms with E-state index < -0.39 is 26.5 Å². The van der Waals surface area contributed by atoms with E-state index in [-0.39, 0.29) is 51.4 Å². The number of carboxylic acid groups (broad SMARTS) is 1. The van der Waals surface area contributed by atoms with Crippen LogP contribution in [0, 0.1) is 6.92 Å². The number of aromatic carboxylic acids is 1. The molecule has 77 valence electrons. The van der Waals surface area contributed by atoms with Crippen molar-refractivity contribution in [3.05, 3.63) is 29.3 Å². The van der Waals surface area contributed by atoms with Crippen molar-refractivity contribution in [1.82, 2.24) is 0 Å². The normalized spacial score (nSPS) is 10.5.